The van der Waals surface area contributed by atoms with E-state index in [0.29, 0.717) is 24.6 Å². The van der Waals surface area contributed by atoms with Gasteiger partial charge in [-0.15, -0.1) is 0 Å². The average Bonchev–Trinajstić information content (AvgIpc) is 3.62. The number of rotatable bonds is 10. The molecule has 2 aliphatic carbocycles. The van der Waals surface area contributed by atoms with E-state index in [9.17, 15) is 14.4 Å². The predicted octanol–water partition coefficient (Wildman–Crippen LogP) is 2.97. The van der Waals surface area contributed by atoms with Crippen LogP contribution in [0.1, 0.15) is 80.1 Å². The number of fused-ring (bicyclic) bond motifs is 1. The third-order valence-electron chi connectivity index (χ3n) is 8.39. The lowest BCUT2D eigenvalue weighted by molar-refractivity contribution is -0.136. The summed E-state index contributed by atoms with van der Waals surface area (Å²) in [5, 5.41) is 9.97. The van der Waals surface area contributed by atoms with Gasteiger partial charge in [0, 0.05) is 55.0 Å². The fraction of sp³-hybridized carbons (Fsp3) is 0.667. The van der Waals surface area contributed by atoms with Crippen LogP contribution < -0.4 is 16.0 Å². The van der Waals surface area contributed by atoms with Crippen LogP contribution in [-0.2, 0) is 20.9 Å². The lowest BCUT2D eigenvalue weighted by atomic mass is 9.75. The Morgan fingerprint density at radius 1 is 1.11 bits per heavy atom. The Morgan fingerprint density at radius 3 is 2.63 bits per heavy atom. The van der Waals surface area contributed by atoms with Gasteiger partial charge in [-0.3, -0.25) is 19.7 Å². The molecule has 0 radical (unpaired) electrons. The van der Waals surface area contributed by atoms with E-state index >= 15 is 0 Å². The zero-order valence-corrected chi connectivity index (χ0v) is 20.7. The maximum Gasteiger partial charge on any atom is 0.255 e. The minimum absolute atomic E-state index is 0.0300. The van der Waals surface area contributed by atoms with Crippen molar-refractivity contribution in [1.82, 2.24) is 15.5 Å². The van der Waals surface area contributed by atoms with Crippen molar-refractivity contribution in [1.29, 1.82) is 0 Å². The van der Waals surface area contributed by atoms with Gasteiger partial charge < -0.3 is 20.3 Å². The summed E-state index contributed by atoms with van der Waals surface area (Å²) in [5.74, 6) is 0.133. The fourth-order valence-electron chi connectivity index (χ4n) is 6.05. The number of carbonyl (C=O) groups excluding carboxylic acids is 3. The predicted molar refractivity (Wildman–Crippen MR) is 133 cm³/mol. The van der Waals surface area contributed by atoms with Crippen LogP contribution in [0.3, 0.4) is 0 Å². The van der Waals surface area contributed by atoms with E-state index in [1.165, 1.54) is 19.3 Å². The zero-order valence-electron chi connectivity index (χ0n) is 20.7. The Morgan fingerprint density at radius 2 is 1.91 bits per heavy atom. The molecule has 5 rings (SSSR count). The SMILES string of the molecule is COCCNC1CCC(CCC2CC2)(Nc2cccc3c2CN(C2CCC(=O)NC2=O)C3=O)CC1. The number of nitrogens with one attached hydrogen (secondary N) is 3. The summed E-state index contributed by atoms with van der Waals surface area (Å²) < 4.78 is 5.19. The van der Waals surface area contributed by atoms with Crippen molar-refractivity contribution in [2.45, 2.75) is 88.4 Å². The number of hydrogen-bond acceptors (Lipinski definition) is 6. The summed E-state index contributed by atoms with van der Waals surface area (Å²) >= 11 is 0. The number of piperidine rings is 1. The largest absolute Gasteiger partial charge is 0.383 e. The van der Waals surface area contributed by atoms with E-state index in [2.05, 4.69) is 22.0 Å². The van der Waals surface area contributed by atoms with Gasteiger partial charge in [-0.1, -0.05) is 18.9 Å². The van der Waals surface area contributed by atoms with Gasteiger partial charge in [0.1, 0.15) is 6.04 Å². The lowest BCUT2D eigenvalue weighted by Crippen LogP contribution is -2.52. The summed E-state index contributed by atoms with van der Waals surface area (Å²) in [5.41, 5.74) is 2.70. The second kappa shape index (κ2) is 10.3. The first kappa shape index (κ1) is 24.3. The lowest BCUT2D eigenvalue weighted by Gasteiger charge is -2.42. The number of amides is 3. The molecule has 1 unspecified atom stereocenters. The Kier molecular flexibility index (Phi) is 7.12. The van der Waals surface area contributed by atoms with E-state index in [4.69, 9.17) is 4.74 Å². The molecule has 0 bridgehead atoms. The van der Waals surface area contributed by atoms with Gasteiger partial charge in [0.05, 0.1) is 6.61 Å². The molecule has 4 aliphatic rings. The van der Waals surface area contributed by atoms with Gasteiger partial charge >= 0.3 is 0 Å². The van der Waals surface area contributed by atoms with Crippen molar-refractivity contribution in [3.63, 3.8) is 0 Å². The minimum Gasteiger partial charge on any atom is -0.383 e. The standard InChI is InChI=1S/C27H38N4O4/c1-35-16-15-28-19-10-13-27(14-11-19,12-9-18-5-6-18)30-22-4-2-3-20-21(22)17-31(26(20)34)23-7-8-24(32)29-25(23)33/h2-4,18-19,23,28,30H,5-17H2,1H3,(H,29,32,33). The molecule has 2 saturated carbocycles. The van der Waals surface area contributed by atoms with E-state index in [-0.39, 0.29) is 29.7 Å². The molecule has 3 amide bonds. The third-order valence-corrected chi connectivity index (χ3v) is 8.39. The van der Waals surface area contributed by atoms with Crippen molar-refractivity contribution in [3.8, 4) is 0 Å². The maximum absolute atomic E-state index is 13.3. The van der Waals surface area contributed by atoms with E-state index in [1.54, 1.807) is 12.0 Å². The van der Waals surface area contributed by atoms with E-state index in [1.807, 2.05) is 12.1 Å². The molecule has 3 N–H and O–H groups in total. The van der Waals surface area contributed by atoms with Crippen LogP contribution in [0, 0.1) is 5.92 Å². The van der Waals surface area contributed by atoms with Crippen molar-refractivity contribution in [2.24, 2.45) is 5.92 Å². The van der Waals surface area contributed by atoms with Crippen LogP contribution in [0.4, 0.5) is 5.69 Å². The molecular formula is C27H38N4O4. The molecule has 1 saturated heterocycles. The summed E-state index contributed by atoms with van der Waals surface area (Å²) in [7, 11) is 1.74. The minimum atomic E-state index is -0.585. The van der Waals surface area contributed by atoms with Crippen LogP contribution in [0.5, 0.6) is 0 Å². The molecule has 35 heavy (non-hydrogen) atoms. The van der Waals surface area contributed by atoms with Crippen LogP contribution in [0.15, 0.2) is 18.2 Å². The molecule has 8 nitrogen and oxygen atoms in total. The number of carbonyl (C=O) groups is 3. The Balaban J connectivity index is 1.31. The fourth-order valence-corrected chi connectivity index (χ4v) is 6.05. The molecule has 190 valence electrons. The van der Waals surface area contributed by atoms with Crippen molar-refractivity contribution in [2.75, 3.05) is 25.6 Å². The quantitative estimate of drug-likeness (QED) is 0.350. The van der Waals surface area contributed by atoms with Crippen molar-refractivity contribution in [3.05, 3.63) is 29.3 Å². The average molecular weight is 483 g/mol. The first-order valence-corrected chi connectivity index (χ1v) is 13.2. The van der Waals surface area contributed by atoms with Gasteiger partial charge in [-0.25, -0.2) is 0 Å². The van der Waals surface area contributed by atoms with Crippen LogP contribution in [0.2, 0.25) is 0 Å². The number of anilines is 1. The highest BCUT2D eigenvalue weighted by Crippen LogP contribution is 2.42. The van der Waals surface area contributed by atoms with Crippen molar-refractivity contribution < 1.29 is 19.1 Å². The first-order chi connectivity index (χ1) is 17.0. The number of nitrogens with zero attached hydrogens (tertiary/aromatic N) is 1. The monoisotopic (exact) mass is 482 g/mol. The second-order valence-corrected chi connectivity index (χ2v) is 10.8. The molecule has 1 aromatic rings. The number of hydrogen-bond donors (Lipinski definition) is 3. The van der Waals surface area contributed by atoms with E-state index < -0.39 is 6.04 Å². The topological polar surface area (TPSA) is 99.8 Å². The number of ether oxygens (including phenoxy) is 1. The second-order valence-electron chi connectivity index (χ2n) is 10.8. The zero-order chi connectivity index (χ0) is 24.4. The molecule has 0 spiro atoms. The van der Waals surface area contributed by atoms with E-state index in [0.717, 1.165) is 62.4 Å². The summed E-state index contributed by atoms with van der Waals surface area (Å²) in [6.07, 6.45) is 10.2. The summed E-state index contributed by atoms with van der Waals surface area (Å²) in [4.78, 5) is 39.0. The van der Waals surface area contributed by atoms with Gasteiger partial charge in [0.15, 0.2) is 0 Å². The molecule has 3 fully saturated rings. The van der Waals surface area contributed by atoms with Crippen LogP contribution >= 0.6 is 0 Å². The van der Waals surface area contributed by atoms with Crippen molar-refractivity contribution >= 4 is 23.4 Å². The Labute approximate surface area is 207 Å². The summed E-state index contributed by atoms with van der Waals surface area (Å²) in [6.45, 7) is 2.02. The highest BCUT2D eigenvalue weighted by atomic mass is 16.5. The summed E-state index contributed by atoms with van der Waals surface area (Å²) in [6, 6.07) is 5.83. The molecular weight excluding hydrogens is 444 g/mol. The van der Waals surface area contributed by atoms with Gasteiger partial charge in [0.2, 0.25) is 11.8 Å². The molecule has 0 aromatic heterocycles. The highest BCUT2D eigenvalue weighted by Gasteiger charge is 2.42. The molecule has 1 aromatic carbocycles. The highest BCUT2D eigenvalue weighted by molar-refractivity contribution is 6.06. The van der Waals surface area contributed by atoms with Gasteiger partial charge in [-0.2, -0.15) is 0 Å². The Hall–Kier alpha value is -2.45. The third kappa shape index (κ3) is 5.38. The van der Waals surface area contributed by atoms with Crippen LogP contribution in [0.25, 0.3) is 0 Å². The molecule has 8 heteroatoms. The molecule has 2 aliphatic heterocycles. The van der Waals surface area contributed by atoms with Gasteiger partial charge in [0.25, 0.3) is 5.91 Å². The number of benzene rings is 1. The van der Waals surface area contributed by atoms with Gasteiger partial charge in [-0.05, 0) is 63.0 Å². The smallest absolute Gasteiger partial charge is 0.255 e. The molecule has 1 atom stereocenters. The maximum atomic E-state index is 13.3. The number of imide groups is 1. The normalized spacial score (nSPS) is 28.7. The van der Waals surface area contributed by atoms with Crippen LogP contribution in [-0.4, -0.2) is 60.5 Å². The molecule has 2 heterocycles. The number of methoxy groups -OCH3 is 1. The Bertz CT molecular complexity index is 968. The first-order valence-electron chi connectivity index (χ1n) is 13.2.